The Hall–Kier alpha value is -0.530. The third kappa shape index (κ3) is 11.4. The van der Waals surface area contributed by atoms with E-state index in [-0.39, 0.29) is 13.1 Å². The van der Waals surface area contributed by atoms with Crippen molar-refractivity contribution in [1.29, 1.82) is 0 Å². The molecule has 0 spiro atoms. The number of amides is 1. The summed E-state index contributed by atoms with van der Waals surface area (Å²) >= 11 is 0. The standard InChI is InChI=1S/C7H15ClN2O4S/c1-7(2,3)14-6(11)9-4-5-10-15(8,12)13/h10H,4-5H2,1-3H3,(H,9,11). The second kappa shape index (κ2) is 5.53. The summed E-state index contributed by atoms with van der Waals surface area (Å²) in [5.74, 6) is 0. The summed E-state index contributed by atoms with van der Waals surface area (Å²) in [6, 6.07) is 0. The first-order valence-electron chi connectivity index (χ1n) is 4.26. The van der Waals surface area contributed by atoms with Crippen molar-refractivity contribution in [2.75, 3.05) is 13.1 Å². The molecule has 0 fully saturated rings. The third-order valence-electron chi connectivity index (χ3n) is 1.07. The average Bonchev–Trinajstić information content (AvgIpc) is 1.92. The molecule has 0 unspecified atom stereocenters. The van der Waals surface area contributed by atoms with Crippen molar-refractivity contribution in [3.63, 3.8) is 0 Å². The van der Waals surface area contributed by atoms with Gasteiger partial charge in [-0.15, -0.1) is 0 Å². The van der Waals surface area contributed by atoms with Crippen LogP contribution in [0, 0.1) is 0 Å². The van der Waals surface area contributed by atoms with Gasteiger partial charge in [-0.2, -0.15) is 8.42 Å². The molecule has 0 saturated heterocycles. The molecule has 0 radical (unpaired) electrons. The van der Waals surface area contributed by atoms with Crippen molar-refractivity contribution >= 4 is 26.0 Å². The van der Waals surface area contributed by atoms with Gasteiger partial charge in [0.1, 0.15) is 5.60 Å². The lowest BCUT2D eigenvalue weighted by atomic mass is 10.2. The predicted molar refractivity (Wildman–Crippen MR) is 57.0 cm³/mol. The lowest BCUT2D eigenvalue weighted by Crippen LogP contribution is -2.37. The molecule has 15 heavy (non-hydrogen) atoms. The summed E-state index contributed by atoms with van der Waals surface area (Å²) in [5, 5.41) is 2.37. The molecule has 0 aliphatic carbocycles. The maximum atomic E-state index is 11.0. The molecule has 90 valence electrons. The summed E-state index contributed by atoms with van der Waals surface area (Å²) in [6.07, 6.45) is -0.601. The Bertz CT molecular complexity index is 309. The number of hydrogen-bond acceptors (Lipinski definition) is 4. The van der Waals surface area contributed by atoms with Crippen molar-refractivity contribution < 1.29 is 17.9 Å². The van der Waals surface area contributed by atoms with Crippen LogP contribution >= 0.6 is 10.7 Å². The number of nitrogens with one attached hydrogen (secondary N) is 2. The van der Waals surface area contributed by atoms with Crippen molar-refractivity contribution in [2.45, 2.75) is 26.4 Å². The summed E-state index contributed by atoms with van der Waals surface area (Å²) < 4.78 is 27.7. The number of alkyl carbamates (subject to hydrolysis) is 1. The first kappa shape index (κ1) is 14.5. The van der Waals surface area contributed by atoms with Gasteiger partial charge < -0.3 is 10.1 Å². The van der Waals surface area contributed by atoms with Crippen LogP contribution in [0.15, 0.2) is 0 Å². The molecule has 8 heteroatoms. The van der Waals surface area contributed by atoms with Crippen LogP contribution in [-0.4, -0.2) is 33.2 Å². The minimum atomic E-state index is -3.73. The van der Waals surface area contributed by atoms with Crippen molar-refractivity contribution in [3.05, 3.63) is 0 Å². The van der Waals surface area contributed by atoms with Crippen molar-refractivity contribution in [1.82, 2.24) is 10.0 Å². The topological polar surface area (TPSA) is 84.5 Å². The van der Waals surface area contributed by atoms with E-state index in [1.807, 2.05) is 4.72 Å². The van der Waals surface area contributed by atoms with Gasteiger partial charge in [-0.25, -0.2) is 9.52 Å². The maximum Gasteiger partial charge on any atom is 0.407 e. The zero-order valence-corrected chi connectivity index (χ0v) is 10.4. The second-order valence-electron chi connectivity index (χ2n) is 3.76. The molecule has 2 N–H and O–H groups in total. The van der Waals surface area contributed by atoms with Crippen LogP contribution in [0.5, 0.6) is 0 Å². The van der Waals surface area contributed by atoms with Crippen LogP contribution in [0.4, 0.5) is 4.79 Å². The molecular formula is C7H15ClN2O4S. The quantitative estimate of drug-likeness (QED) is 0.571. The van der Waals surface area contributed by atoms with Crippen LogP contribution in [0.25, 0.3) is 0 Å². The maximum absolute atomic E-state index is 11.0. The minimum absolute atomic E-state index is 0.0189. The Balaban J connectivity index is 3.66. The van der Waals surface area contributed by atoms with E-state index in [1.54, 1.807) is 20.8 Å². The Morgan fingerprint density at radius 2 is 1.87 bits per heavy atom. The highest BCUT2D eigenvalue weighted by Crippen LogP contribution is 2.05. The lowest BCUT2D eigenvalue weighted by molar-refractivity contribution is 0.0529. The van der Waals surface area contributed by atoms with Crippen LogP contribution < -0.4 is 10.0 Å². The molecule has 0 rings (SSSR count). The summed E-state index contributed by atoms with van der Waals surface area (Å²) in [5.41, 5.74) is -0.573. The van der Waals surface area contributed by atoms with E-state index in [4.69, 9.17) is 15.4 Å². The monoisotopic (exact) mass is 258 g/mol. The van der Waals surface area contributed by atoms with Gasteiger partial charge in [-0.1, -0.05) is 0 Å². The minimum Gasteiger partial charge on any atom is -0.444 e. The highest BCUT2D eigenvalue weighted by molar-refractivity contribution is 8.12. The largest absolute Gasteiger partial charge is 0.444 e. The van der Waals surface area contributed by atoms with Crippen molar-refractivity contribution in [3.8, 4) is 0 Å². The van der Waals surface area contributed by atoms with Gasteiger partial charge in [-0.05, 0) is 20.8 Å². The number of hydrogen-bond donors (Lipinski definition) is 2. The first-order valence-corrected chi connectivity index (χ1v) is 6.57. The predicted octanol–water partition coefficient (Wildman–Crippen LogP) is 0.584. The van der Waals surface area contributed by atoms with Crippen LogP contribution in [0.2, 0.25) is 0 Å². The fourth-order valence-electron chi connectivity index (χ4n) is 0.652. The van der Waals surface area contributed by atoms with E-state index >= 15 is 0 Å². The van der Waals surface area contributed by atoms with Crippen LogP contribution in [0.1, 0.15) is 20.8 Å². The molecule has 0 atom stereocenters. The van der Waals surface area contributed by atoms with E-state index in [0.29, 0.717) is 0 Å². The van der Waals surface area contributed by atoms with Crippen LogP contribution in [0.3, 0.4) is 0 Å². The Morgan fingerprint density at radius 1 is 1.33 bits per heavy atom. The molecule has 0 aliphatic rings. The molecule has 1 amide bonds. The van der Waals surface area contributed by atoms with E-state index in [9.17, 15) is 13.2 Å². The molecule has 0 aromatic rings. The number of carbonyl (C=O) groups is 1. The summed E-state index contributed by atoms with van der Waals surface area (Å²) in [7, 11) is 1.15. The fraction of sp³-hybridized carbons (Fsp3) is 0.857. The van der Waals surface area contributed by atoms with Gasteiger partial charge in [0, 0.05) is 23.8 Å². The normalized spacial score (nSPS) is 12.3. The van der Waals surface area contributed by atoms with Crippen molar-refractivity contribution in [2.24, 2.45) is 0 Å². The molecule has 0 aromatic heterocycles. The average molecular weight is 259 g/mol. The summed E-state index contributed by atoms with van der Waals surface area (Å²) in [6.45, 7) is 5.32. The highest BCUT2D eigenvalue weighted by Gasteiger charge is 2.15. The smallest absolute Gasteiger partial charge is 0.407 e. The number of halogens is 1. The molecule has 0 aliphatic heterocycles. The second-order valence-corrected chi connectivity index (χ2v) is 6.14. The zero-order chi connectivity index (χ0) is 12.1. The molecule has 6 nitrogen and oxygen atoms in total. The van der Waals surface area contributed by atoms with Gasteiger partial charge in [0.25, 0.3) is 9.24 Å². The van der Waals surface area contributed by atoms with E-state index < -0.39 is 20.9 Å². The molecular weight excluding hydrogens is 244 g/mol. The van der Waals surface area contributed by atoms with E-state index in [0.717, 1.165) is 0 Å². The number of rotatable bonds is 4. The van der Waals surface area contributed by atoms with Gasteiger partial charge in [0.15, 0.2) is 0 Å². The SMILES string of the molecule is CC(C)(C)OC(=O)NCCNS(=O)(=O)Cl. The molecule has 0 bridgehead atoms. The molecule has 0 heterocycles. The van der Waals surface area contributed by atoms with Gasteiger partial charge in [0.05, 0.1) is 0 Å². The highest BCUT2D eigenvalue weighted by atomic mass is 35.7. The Morgan fingerprint density at radius 3 is 2.27 bits per heavy atom. The third-order valence-corrected chi connectivity index (χ3v) is 1.94. The van der Waals surface area contributed by atoms with Gasteiger partial charge in [0.2, 0.25) is 0 Å². The van der Waals surface area contributed by atoms with E-state index in [2.05, 4.69) is 5.32 Å². The van der Waals surface area contributed by atoms with E-state index in [1.165, 1.54) is 0 Å². The van der Waals surface area contributed by atoms with Crippen LogP contribution in [-0.2, 0) is 14.0 Å². The lowest BCUT2D eigenvalue weighted by Gasteiger charge is -2.19. The first-order chi connectivity index (χ1) is 6.60. The zero-order valence-electron chi connectivity index (χ0n) is 8.83. The molecule has 0 aromatic carbocycles. The Labute approximate surface area is 93.9 Å². The fourth-order valence-corrected chi connectivity index (χ4v) is 1.23. The number of ether oxygens (including phenoxy) is 1. The Kier molecular flexibility index (Phi) is 5.33. The molecule has 0 saturated carbocycles. The van der Waals surface area contributed by atoms with Gasteiger partial charge in [-0.3, -0.25) is 0 Å². The van der Waals surface area contributed by atoms with Gasteiger partial charge >= 0.3 is 6.09 Å². The number of carbonyl (C=O) groups excluding carboxylic acids is 1. The summed E-state index contributed by atoms with van der Waals surface area (Å²) in [4.78, 5) is 11.0.